The number of carbonyl (C=O) groups excluding carboxylic acids is 1. The van der Waals surface area contributed by atoms with Crippen LogP contribution in [0.4, 0.5) is 0 Å². The van der Waals surface area contributed by atoms with Crippen molar-refractivity contribution >= 4 is 17.4 Å². The molecule has 0 unspecified atom stereocenters. The molecule has 1 aromatic carbocycles. The molecule has 2 aromatic rings. The first-order valence-electron chi connectivity index (χ1n) is 8.69. The average Bonchev–Trinajstić information content (AvgIpc) is 2.63. The summed E-state index contributed by atoms with van der Waals surface area (Å²) in [6.07, 6.45) is 5.50. The Morgan fingerprint density at radius 3 is 2.88 bits per heavy atom. The minimum atomic E-state index is -0.0519. The highest BCUT2D eigenvalue weighted by Crippen LogP contribution is 2.22. The van der Waals surface area contributed by atoms with Crippen LogP contribution in [0.15, 0.2) is 42.6 Å². The highest BCUT2D eigenvalue weighted by atomic mass is 35.5. The van der Waals surface area contributed by atoms with Crippen molar-refractivity contribution < 1.29 is 9.53 Å². The Labute approximate surface area is 153 Å². The first-order chi connectivity index (χ1) is 12.1. The maximum Gasteiger partial charge on any atom is 0.170 e. The van der Waals surface area contributed by atoms with Gasteiger partial charge in [0.1, 0.15) is 17.5 Å². The van der Waals surface area contributed by atoms with Gasteiger partial charge in [0.25, 0.3) is 0 Å². The van der Waals surface area contributed by atoms with Crippen molar-refractivity contribution in [2.45, 2.75) is 31.7 Å². The predicted molar refractivity (Wildman–Crippen MR) is 99.5 cm³/mol. The zero-order valence-corrected chi connectivity index (χ0v) is 15.2. The van der Waals surface area contributed by atoms with Crippen molar-refractivity contribution in [1.29, 1.82) is 0 Å². The fourth-order valence-corrected chi connectivity index (χ4v) is 3.34. The van der Waals surface area contributed by atoms with E-state index in [1.165, 1.54) is 12.8 Å². The molecule has 1 aromatic heterocycles. The summed E-state index contributed by atoms with van der Waals surface area (Å²) in [6.45, 7) is 1.71. The van der Waals surface area contributed by atoms with Crippen molar-refractivity contribution in [3.05, 3.63) is 58.9 Å². The number of carbonyl (C=O) groups is 1. The summed E-state index contributed by atoms with van der Waals surface area (Å²) in [4.78, 5) is 19.0. The normalized spacial score (nSPS) is 18.1. The quantitative estimate of drug-likeness (QED) is 0.577. The lowest BCUT2D eigenvalue weighted by molar-refractivity contribution is 0.0991. The lowest BCUT2D eigenvalue weighted by Gasteiger charge is -2.32. The van der Waals surface area contributed by atoms with Crippen LogP contribution in [-0.4, -0.2) is 41.9 Å². The fraction of sp³-hybridized carbons (Fsp3) is 0.400. The molecule has 0 spiro atoms. The second kappa shape index (κ2) is 8.45. The number of Topliss-reactive ketones (excluding diaryl/α,β-unsaturated/α-hetero) is 1. The van der Waals surface area contributed by atoms with Gasteiger partial charge in [0.2, 0.25) is 0 Å². The molecule has 1 aliphatic rings. The molecule has 1 aliphatic heterocycles. The maximum atomic E-state index is 12.6. The molecule has 0 bridgehead atoms. The maximum absolute atomic E-state index is 12.6. The van der Waals surface area contributed by atoms with Crippen LogP contribution in [0.5, 0.6) is 5.75 Å². The molecule has 132 valence electrons. The number of aromatic nitrogens is 1. The standard InChI is InChI=1S/C20H23ClN2O2/c1-23-10-6-5-9-16(23)14-25-17-12-18(20(21)22-13-17)19(24)11-15-7-3-2-4-8-15/h2-4,7-8,12-13,16H,5-6,9-11,14H2,1H3/t16-/m1/s1. The number of piperidine rings is 1. The Bertz CT molecular complexity index is 721. The largest absolute Gasteiger partial charge is 0.490 e. The molecule has 25 heavy (non-hydrogen) atoms. The number of hydrogen-bond donors (Lipinski definition) is 0. The molecular formula is C20H23ClN2O2. The Morgan fingerprint density at radius 2 is 2.12 bits per heavy atom. The number of pyridine rings is 1. The van der Waals surface area contributed by atoms with Crippen LogP contribution in [0, 0.1) is 0 Å². The molecule has 0 aliphatic carbocycles. The monoisotopic (exact) mass is 358 g/mol. The summed E-state index contributed by atoms with van der Waals surface area (Å²) in [6, 6.07) is 11.7. The van der Waals surface area contributed by atoms with E-state index in [-0.39, 0.29) is 10.9 Å². The molecule has 0 amide bonds. The van der Waals surface area contributed by atoms with Crippen molar-refractivity contribution in [2.75, 3.05) is 20.2 Å². The van der Waals surface area contributed by atoms with Gasteiger partial charge >= 0.3 is 0 Å². The fourth-order valence-electron chi connectivity index (χ4n) is 3.13. The number of likely N-dealkylation sites (N-methyl/N-ethyl adjacent to an activating group) is 1. The smallest absolute Gasteiger partial charge is 0.170 e. The first-order valence-corrected chi connectivity index (χ1v) is 9.07. The van der Waals surface area contributed by atoms with Crippen LogP contribution < -0.4 is 4.74 Å². The van der Waals surface area contributed by atoms with E-state index < -0.39 is 0 Å². The summed E-state index contributed by atoms with van der Waals surface area (Å²) < 4.78 is 5.90. The van der Waals surface area contributed by atoms with Gasteiger partial charge in [-0.3, -0.25) is 4.79 Å². The summed E-state index contributed by atoms with van der Waals surface area (Å²) in [7, 11) is 2.13. The Kier molecular flexibility index (Phi) is 6.05. The minimum Gasteiger partial charge on any atom is -0.490 e. The number of hydrogen-bond acceptors (Lipinski definition) is 4. The number of likely N-dealkylation sites (tertiary alicyclic amines) is 1. The van der Waals surface area contributed by atoms with Crippen LogP contribution in [0.25, 0.3) is 0 Å². The average molecular weight is 359 g/mol. The molecule has 1 saturated heterocycles. The topological polar surface area (TPSA) is 42.4 Å². The number of benzene rings is 1. The van der Waals surface area contributed by atoms with E-state index in [1.54, 1.807) is 12.3 Å². The number of ether oxygens (including phenoxy) is 1. The third kappa shape index (κ3) is 4.80. The van der Waals surface area contributed by atoms with Gasteiger partial charge in [-0.05, 0) is 38.1 Å². The third-order valence-electron chi connectivity index (χ3n) is 4.69. The van der Waals surface area contributed by atoms with E-state index >= 15 is 0 Å². The number of ketones is 1. The summed E-state index contributed by atoms with van der Waals surface area (Å²) in [5.41, 5.74) is 1.37. The van der Waals surface area contributed by atoms with Gasteiger partial charge in [0.05, 0.1) is 11.8 Å². The van der Waals surface area contributed by atoms with Gasteiger partial charge in [-0.2, -0.15) is 0 Å². The van der Waals surface area contributed by atoms with E-state index in [4.69, 9.17) is 16.3 Å². The molecule has 0 saturated carbocycles. The highest BCUT2D eigenvalue weighted by molar-refractivity contribution is 6.32. The lowest BCUT2D eigenvalue weighted by Crippen LogP contribution is -2.40. The Hall–Kier alpha value is -1.91. The molecule has 0 N–H and O–H groups in total. The lowest BCUT2D eigenvalue weighted by atomic mass is 10.0. The molecule has 3 rings (SSSR count). The zero-order valence-electron chi connectivity index (χ0n) is 14.5. The van der Waals surface area contributed by atoms with Crippen molar-refractivity contribution in [2.24, 2.45) is 0 Å². The zero-order chi connectivity index (χ0) is 17.6. The summed E-state index contributed by atoms with van der Waals surface area (Å²) in [5, 5.41) is 0.225. The molecule has 2 heterocycles. The second-order valence-corrected chi connectivity index (χ2v) is 6.89. The molecule has 4 nitrogen and oxygen atoms in total. The van der Waals surface area contributed by atoms with Gasteiger partial charge in [0.15, 0.2) is 5.78 Å². The van der Waals surface area contributed by atoms with Gasteiger partial charge in [0, 0.05) is 12.5 Å². The molecule has 1 fully saturated rings. The van der Waals surface area contributed by atoms with Crippen molar-refractivity contribution in [1.82, 2.24) is 9.88 Å². The number of rotatable bonds is 6. The van der Waals surface area contributed by atoms with Crippen LogP contribution in [0.3, 0.4) is 0 Å². The summed E-state index contributed by atoms with van der Waals surface area (Å²) >= 11 is 6.13. The second-order valence-electron chi connectivity index (χ2n) is 6.54. The first kappa shape index (κ1) is 17.9. The van der Waals surface area contributed by atoms with Gasteiger partial charge in [-0.1, -0.05) is 48.4 Å². The molecule has 0 radical (unpaired) electrons. The summed E-state index contributed by atoms with van der Waals surface area (Å²) in [5.74, 6) is 0.545. The third-order valence-corrected chi connectivity index (χ3v) is 4.99. The van der Waals surface area contributed by atoms with Crippen LogP contribution >= 0.6 is 11.6 Å². The van der Waals surface area contributed by atoms with E-state index in [0.717, 1.165) is 18.5 Å². The van der Waals surface area contributed by atoms with Crippen LogP contribution in [-0.2, 0) is 6.42 Å². The predicted octanol–water partition coefficient (Wildman–Crippen LogP) is 4.02. The number of halogens is 1. The van der Waals surface area contributed by atoms with E-state index in [1.807, 2.05) is 30.3 Å². The van der Waals surface area contributed by atoms with Gasteiger partial charge < -0.3 is 9.64 Å². The highest BCUT2D eigenvalue weighted by Gasteiger charge is 2.20. The molecule has 5 heteroatoms. The van der Waals surface area contributed by atoms with Crippen LogP contribution in [0.2, 0.25) is 5.15 Å². The van der Waals surface area contributed by atoms with Crippen molar-refractivity contribution in [3.8, 4) is 5.75 Å². The van der Waals surface area contributed by atoms with Gasteiger partial charge in [-0.15, -0.1) is 0 Å². The Balaban J connectivity index is 1.66. The Morgan fingerprint density at radius 1 is 1.32 bits per heavy atom. The van der Waals surface area contributed by atoms with E-state index in [2.05, 4.69) is 16.9 Å². The van der Waals surface area contributed by atoms with Gasteiger partial charge in [-0.25, -0.2) is 4.98 Å². The van der Waals surface area contributed by atoms with Crippen LogP contribution in [0.1, 0.15) is 35.2 Å². The number of nitrogens with zero attached hydrogens (tertiary/aromatic N) is 2. The molecule has 1 atom stereocenters. The molecular weight excluding hydrogens is 336 g/mol. The van der Waals surface area contributed by atoms with E-state index in [0.29, 0.717) is 30.4 Å². The van der Waals surface area contributed by atoms with E-state index in [9.17, 15) is 4.79 Å². The SMILES string of the molecule is CN1CCCC[C@@H]1COc1cnc(Cl)c(C(=O)Cc2ccccc2)c1. The van der Waals surface area contributed by atoms with Crippen molar-refractivity contribution in [3.63, 3.8) is 0 Å². The minimum absolute atomic E-state index is 0.0519.